The van der Waals surface area contributed by atoms with Crippen LogP contribution in [-0.2, 0) is 19.9 Å². The van der Waals surface area contributed by atoms with Gasteiger partial charge in [-0.05, 0) is 79.9 Å². The Kier molecular flexibility index (Phi) is 7.51. The first-order chi connectivity index (χ1) is 16.6. The van der Waals surface area contributed by atoms with E-state index in [2.05, 4.69) is 21.2 Å². The smallest absolute Gasteiger partial charge is 0.291 e. The second-order valence-corrected chi connectivity index (χ2v) is 12.9. The molecule has 8 nitrogen and oxygen atoms in total. The molecule has 3 aromatic rings. The van der Waals surface area contributed by atoms with Gasteiger partial charge in [-0.1, -0.05) is 29.3 Å². The van der Waals surface area contributed by atoms with Gasteiger partial charge in [0.15, 0.2) is 5.76 Å². The maximum Gasteiger partial charge on any atom is 0.291 e. The lowest BCUT2D eigenvalue weighted by atomic mass is 10.0. The molecule has 0 saturated carbocycles. The summed E-state index contributed by atoms with van der Waals surface area (Å²) >= 11 is 3.26. The molecular weight excluding hydrogens is 556 g/mol. The Bertz CT molecular complexity index is 1420. The maximum atomic E-state index is 13.1. The van der Waals surface area contributed by atoms with Crippen molar-refractivity contribution in [1.29, 1.82) is 0 Å². The number of hydrogen-bond donors (Lipinski definition) is 1. The van der Waals surface area contributed by atoms with Crippen molar-refractivity contribution in [3.05, 3.63) is 70.9 Å². The van der Waals surface area contributed by atoms with Crippen molar-refractivity contribution in [2.24, 2.45) is 0 Å². The standard InChI is InChI=1S/C24H25BrN2O6S2/c1-2-19-5-3-4-16-27(19)35(31,32)21-12-8-18(9-13-21)26-24(28)22-14-15-23(33-22)34(29,30)20-10-6-17(25)7-11-20/h6-15,19H,2-5,16H2,1H3,(H,26,28)/t19-/m1/s1. The van der Waals surface area contributed by atoms with E-state index in [0.717, 1.165) is 30.2 Å². The van der Waals surface area contributed by atoms with Gasteiger partial charge in [-0.15, -0.1) is 0 Å². The molecule has 1 atom stereocenters. The second-order valence-electron chi connectivity index (χ2n) is 8.23. The van der Waals surface area contributed by atoms with Gasteiger partial charge in [0.1, 0.15) is 0 Å². The zero-order valence-corrected chi connectivity index (χ0v) is 22.2. The molecule has 0 radical (unpaired) electrons. The van der Waals surface area contributed by atoms with E-state index in [0.29, 0.717) is 12.2 Å². The predicted octanol–water partition coefficient (Wildman–Crippen LogP) is 5.08. The van der Waals surface area contributed by atoms with E-state index in [1.807, 2.05) is 6.92 Å². The third kappa shape index (κ3) is 5.37. The van der Waals surface area contributed by atoms with E-state index >= 15 is 0 Å². The van der Waals surface area contributed by atoms with Crippen LogP contribution in [0.4, 0.5) is 5.69 Å². The number of hydrogen-bond acceptors (Lipinski definition) is 6. The Morgan fingerprint density at radius 2 is 1.63 bits per heavy atom. The molecule has 1 saturated heterocycles. The van der Waals surface area contributed by atoms with E-state index in [4.69, 9.17) is 4.42 Å². The fourth-order valence-electron chi connectivity index (χ4n) is 4.05. The zero-order chi connectivity index (χ0) is 25.2. The highest BCUT2D eigenvalue weighted by Crippen LogP contribution is 2.28. The third-order valence-corrected chi connectivity index (χ3v) is 10.1. The molecule has 0 unspecified atom stereocenters. The van der Waals surface area contributed by atoms with E-state index in [1.54, 1.807) is 16.4 Å². The number of carbonyl (C=O) groups is 1. The monoisotopic (exact) mass is 580 g/mol. The number of anilines is 1. The summed E-state index contributed by atoms with van der Waals surface area (Å²) in [5, 5.41) is 2.26. The molecule has 1 fully saturated rings. The largest absolute Gasteiger partial charge is 0.439 e. The van der Waals surface area contributed by atoms with Gasteiger partial charge in [-0.25, -0.2) is 16.8 Å². The topological polar surface area (TPSA) is 114 Å². The fraction of sp³-hybridized carbons (Fsp3) is 0.292. The minimum atomic E-state index is -3.92. The van der Waals surface area contributed by atoms with Gasteiger partial charge in [0, 0.05) is 22.7 Å². The lowest BCUT2D eigenvalue weighted by Crippen LogP contribution is -2.43. The lowest BCUT2D eigenvalue weighted by Gasteiger charge is -2.34. The summed E-state index contributed by atoms with van der Waals surface area (Å²) in [4.78, 5) is 12.8. The predicted molar refractivity (Wildman–Crippen MR) is 135 cm³/mol. The molecule has 0 spiro atoms. The van der Waals surface area contributed by atoms with Gasteiger partial charge >= 0.3 is 0 Å². The van der Waals surface area contributed by atoms with Crippen LogP contribution in [0.25, 0.3) is 0 Å². The van der Waals surface area contributed by atoms with Crippen molar-refractivity contribution in [2.75, 3.05) is 11.9 Å². The van der Waals surface area contributed by atoms with E-state index in [1.165, 1.54) is 48.5 Å². The third-order valence-electron chi connectivity index (χ3n) is 5.96. The molecule has 2 heterocycles. The number of nitrogens with one attached hydrogen (secondary N) is 1. The molecule has 11 heteroatoms. The SMILES string of the molecule is CC[C@@H]1CCCCN1S(=O)(=O)c1ccc(NC(=O)c2ccc(S(=O)(=O)c3ccc(Br)cc3)o2)cc1. The quantitative estimate of drug-likeness (QED) is 0.416. The van der Waals surface area contributed by atoms with Crippen molar-refractivity contribution >= 4 is 47.4 Å². The Balaban J connectivity index is 1.47. The molecule has 1 N–H and O–H groups in total. The van der Waals surface area contributed by atoms with Crippen molar-refractivity contribution in [3.63, 3.8) is 0 Å². The van der Waals surface area contributed by atoms with Gasteiger partial charge < -0.3 is 9.73 Å². The number of rotatable bonds is 7. The van der Waals surface area contributed by atoms with Gasteiger partial charge in [0.05, 0.1) is 9.79 Å². The van der Waals surface area contributed by atoms with Crippen molar-refractivity contribution in [3.8, 4) is 0 Å². The summed E-state index contributed by atoms with van der Waals surface area (Å²) < 4.78 is 59.3. The van der Waals surface area contributed by atoms with Crippen molar-refractivity contribution in [1.82, 2.24) is 4.31 Å². The minimum absolute atomic E-state index is 0.00466. The van der Waals surface area contributed by atoms with Crippen molar-refractivity contribution < 1.29 is 26.0 Å². The molecule has 1 aliphatic rings. The Hall–Kier alpha value is -2.47. The van der Waals surface area contributed by atoms with Gasteiger partial charge in [-0.2, -0.15) is 4.31 Å². The second kappa shape index (κ2) is 10.3. The minimum Gasteiger partial charge on any atom is -0.439 e. The van der Waals surface area contributed by atoms with Crippen LogP contribution >= 0.6 is 15.9 Å². The van der Waals surface area contributed by atoms with Crippen LogP contribution < -0.4 is 5.32 Å². The van der Waals surface area contributed by atoms with Gasteiger partial charge in [0.2, 0.25) is 25.0 Å². The van der Waals surface area contributed by atoms with E-state index in [-0.39, 0.29) is 26.7 Å². The number of furan rings is 1. The van der Waals surface area contributed by atoms with Crippen molar-refractivity contribution in [2.45, 2.75) is 53.5 Å². The first-order valence-electron chi connectivity index (χ1n) is 11.2. The lowest BCUT2D eigenvalue weighted by molar-refractivity contribution is 0.0991. The zero-order valence-electron chi connectivity index (χ0n) is 19.0. The summed E-state index contributed by atoms with van der Waals surface area (Å²) in [5.74, 6) is -0.837. The number of amides is 1. The van der Waals surface area contributed by atoms with Crippen LogP contribution in [0.3, 0.4) is 0 Å². The molecule has 0 aliphatic carbocycles. The maximum absolute atomic E-state index is 13.1. The van der Waals surface area contributed by atoms with Crippen LogP contribution in [-0.4, -0.2) is 39.6 Å². The molecule has 2 aromatic carbocycles. The molecule has 35 heavy (non-hydrogen) atoms. The van der Waals surface area contributed by atoms with Crippen LogP contribution in [0.1, 0.15) is 43.2 Å². The Morgan fingerprint density at radius 3 is 2.29 bits per heavy atom. The molecule has 1 aromatic heterocycles. The summed E-state index contributed by atoms with van der Waals surface area (Å²) in [6.07, 6.45) is 3.48. The summed E-state index contributed by atoms with van der Waals surface area (Å²) in [6, 6.07) is 14.5. The number of benzene rings is 2. The average molecular weight is 582 g/mol. The van der Waals surface area contributed by atoms with Gasteiger partial charge in [0.25, 0.3) is 5.91 Å². The average Bonchev–Trinajstić information content (AvgIpc) is 3.36. The molecule has 1 amide bonds. The highest BCUT2D eigenvalue weighted by Gasteiger charge is 2.32. The molecule has 186 valence electrons. The number of halogens is 1. The summed E-state index contributed by atoms with van der Waals surface area (Å²) in [5.41, 5.74) is 0.355. The first-order valence-corrected chi connectivity index (χ1v) is 14.9. The van der Waals surface area contributed by atoms with Crippen LogP contribution in [0.2, 0.25) is 0 Å². The highest BCUT2D eigenvalue weighted by atomic mass is 79.9. The normalized spacial score (nSPS) is 17.3. The Morgan fingerprint density at radius 1 is 0.971 bits per heavy atom. The number of sulfone groups is 1. The number of nitrogens with zero attached hydrogens (tertiary/aromatic N) is 1. The fourth-order valence-corrected chi connectivity index (χ4v) is 7.26. The Labute approximate surface area is 213 Å². The molecule has 1 aliphatic heterocycles. The molecule has 4 rings (SSSR count). The van der Waals surface area contributed by atoms with E-state index in [9.17, 15) is 21.6 Å². The molecule has 0 bridgehead atoms. The summed E-state index contributed by atoms with van der Waals surface area (Å²) in [6.45, 7) is 2.49. The van der Waals surface area contributed by atoms with Gasteiger partial charge in [-0.3, -0.25) is 4.79 Å². The highest BCUT2D eigenvalue weighted by molar-refractivity contribution is 9.10. The first kappa shape index (κ1) is 25.6. The van der Waals surface area contributed by atoms with E-state index < -0.39 is 25.8 Å². The number of piperidine rings is 1. The van der Waals surface area contributed by atoms with Crippen LogP contribution in [0, 0.1) is 0 Å². The van der Waals surface area contributed by atoms with Crippen LogP contribution in [0.5, 0.6) is 0 Å². The number of carbonyl (C=O) groups excluding carboxylic acids is 1. The number of sulfonamides is 1. The molecular formula is C24H25BrN2O6S2. The van der Waals surface area contributed by atoms with Crippen LogP contribution in [0.15, 0.2) is 84.4 Å². The summed E-state index contributed by atoms with van der Waals surface area (Å²) in [7, 11) is -7.55.